The maximum atomic E-state index is 2.51. The van der Waals surface area contributed by atoms with Crippen LogP contribution in [0.25, 0.3) is 12.2 Å². The van der Waals surface area contributed by atoms with Crippen LogP contribution in [0.4, 0.5) is 0 Å². The number of fused-ring (bicyclic) bond motifs is 2. The van der Waals surface area contributed by atoms with Gasteiger partial charge in [-0.05, 0) is 33.3 Å². The van der Waals surface area contributed by atoms with Gasteiger partial charge in [0.05, 0.1) is 8.07 Å². The zero-order chi connectivity index (χ0) is 15.9. The molecule has 0 N–H and O–H groups in total. The van der Waals surface area contributed by atoms with Gasteiger partial charge in [0, 0.05) is 0 Å². The van der Waals surface area contributed by atoms with Crippen molar-refractivity contribution >= 4 is 20.2 Å². The highest BCUT2D eigenvalue weighted by atomic mass is 28.3. The number of benzene rings is 2. The van der Waals surface area contributed by atoms with Gasteiger partial charge in [-0.25, -0.2) is 0 Å². The molecule has 0 aromatic heterocycles. The predicted octanol–water partition coefficient (Wildman–Crippen LogP) is 6.17. The van der Waals surface area contributed by atoms with Crippen LogP contribution < -0.4 is 0 Å². The fourth-order valence-corrected chi connectivity index (χ4v) is 10.2. The summed E-state index contributed by atoms with van der Waals surface area (Å²) in [5.41, 5.74) is 7.31. The van der Waals surface area contributed by atoms with Crippen LogP contribution in [0.2, 0.25) is 12.1 Å². The van der Waals surface area contributed by atoms with E-state index in [1.165, 1.54) is 23.2 Å². The Morgan fingerprint density at radius 1 is 0.696 bits per heavy atom. The van der Waals surface area contributed by atoms with Gasteiger partial charge in [0.25, 0.3) is 0 Å². The minimum Gasteiger partial charge on any atom is -0.0791 e. The topological polar surface area (TPSA) is 0 Å². The molecule has 2 atom stereocenters. The third-order valence-electron chi connectivity index (χ3n) is 6.15. The number of hydrogen-bond donors (Lipinski definition) is 0. The highest BCUT2D eigenvalue weighted by Gasteiger charge is 2.47. The van der Waals surface area contributed by atoms with Crippen molar-refractivity contribution in [2.45, 2.75) is 37.0 Å². The molecule has 0 nitrogen and oxygen atoms in total. The molecule has 23 heavy (non-hydrogen) atoms. The molecule has 0 fully saturated rings. The van der Waals surface area contributed by atoms with Gasteiger partial charge in [0.2, 0.25) is 0 Å². The summed E-state index contributed by atoms with van der Waals surface area (Å²) in [5.74, 6) is 0. The highest BCUT2D eigenvalue weighted by molar-refractivity contribution is 6.83. The molecule has 0 spiro atoms. The van der Waals surface area contributed by atoms with E-state index in [1.807, 2.05) is 0 Å². The molecule has 0 saturated carbocycles. The molecule has 0 heterocycles. The predicted molar refractivity (Wildman–Crippen MR) is 103 cm³/mol. The van der Waals surface area contributed by atoms with E-state index in [-0.39, 0.29) is 0 Å². The van der Waals surface area contributed by atoms with Crippen molar-refractivity contribution in [2.24, 2.45) is 0 Å². The van der Waals surface area contributed by atoms with E-state index in [0.29, 0.717) is 11.1 Å². The Hall–Kier alpha value is -1.86. The summed E-state index contributed by atoms with van der Waals surface area (Å²) in [6.45, 7) is 4.86. The quantitative estimate of drug-likeness (QED) is 0.591. The Bertz CT molecular complexity index is 717. The maximum Gasteiger partial charge on any atom is 0.0769 e. The number of allylic oxidation sites excluding steroid dienone is 2. The Morgan fingerprint density at radius 2 is 1.13 bits per heavy atom. The lowest BCUT2D eigenvalue weighted by molar-refractivity contribution is 0.973. The average Bonchev–Trinajstić information content (AvgIpc) is 3.23. The van der Waals surface area contributed by atoms with Crippen LogP contribution in [0.5, 0.6) is 0 Å². The third-order valence-corrected chi connectivity index (χ3v) is 12.3. The Balaban J connectivity index is 1.83. The summed E-state index contributed by atoms with van der Waals surface area (Å²) < 4.78 is 0. The van der Waals surface area contributed by atoms with Gasteiger partial charge >= 0.3 is 0 Å². The van der Waals surface area contributed by atoms with Crippen LogP contribution in [-0.2, 0) is 0 Å². The average molecular weight is 317 g/mol. The summed E-state index contributed by atoms with van der Waals surface area (Å²) in [5, 5.41) is 0. The first-order valence-electron chi connectivity index (χ1n) is 8.84. The second-order valence-corrected chi connectivity index (χ2v) is 12.0. The van der Waals surface area contributed by atoms with Crippen LogP contribution in [-0.4, -0.2) is 8.07 Å². The Morgan fingerprint density at radius 3 is 1.57 bits per heavy atom. The molecule has 0 radical (unpaired) electrons. The standard InChI is InChI=1S/C22H24Si/c1-3-23(4-2,21-15-13-17-9-5-7-11-19(17)21)22-16-14-18-10-6-8-12-20(18)22/h5-16,21-22H,3-4H2,1-2H3. The van der Waals surface area contributed by atoms with E-state index in [1.54, 1.807) is 11.1 Å². The third kappa shape index (κ3) is 2.10. The van der Waals surface area contributed by atoms with Crippen molar-refractivity contribution in [3.05, 3.63) is 82.9 Å². The molecule has 1 heteroatoms. The van der Waals surface area contributed by atoms with Gasteiger partial charge in [-0.2, -0.15) is 0 Å². The molecule has 116 valence electrons. The Labute approximate surface area is 140 Å². The minimum absolute atomic E-state index is 0.648. The molecular weight excluding hydrogens is 292 g/mol. The largest absolute Gasteiger partial charge is 0.0791 e. The summed E-state index contributed by atoms with van der Waals surface area (Å²) in [6, 6.07) is 20.7. The monoisotopic (exact) mass is 316 g/mol. The smallest absolute Gasteiger partial charge is 0.0769 e. The molecule has 2 aromatic carbocycles. The fraction of sp³-hybridized carbons (Fsp3) is 0.273. The molecule has 0 saturated heterocycles. The second kappa shape index (κ2) is 5.65. The first-order valence-corrected chi connectivity index (χ1v) is 11.4. The minimum atomic E-state index is -1.55. The highest BCUT2D eigenvalue weighted by Crippen LogP contribution is 2.50. The molecule has 0 bridgehead atoms. The first kappa shape index (κ1) is 14.7. The van der Waals surface area contributed by atoms with Crippen molar-refractivity contribution < 1.29 is 0 Å². The molecule has 0 aliphatic heterocycles. The molecule has 0 amide bonds. The molecule has 2 unspecified atom stereocenters. The van der Waals surface area contributed by atoms with Crippen LogP contribution >= 0.6 is 0 Å². The van der Waals surface area contributed by atoms with E-state index in [2.05, 4.69) is 86.7 Å². The second-order valence-electron chi connectivity index (χ2n) is 6.87. The van der Waals surface area contributed by atoms with Crippen LogP contribution in [0.15, 0.2) is 60.7 Å². The molecule has 4 rings (SSSR count). The van der Waals surface area contributed by atoms with Crippen molar-refractivity contribution in [1.82, 2.24) is 0 Å². The first-order chi connectivity index (χ1) is 11.3. The summed E-state index contributed by atoms with van der Waals surface area (Å²) >= 11 is 0. The summed E-state index contributed by atoms with van der Waals surface area (Å²) in [6.07, 6.45) is 9.74. The SMILES string of the molecule is CC[Si](CC)(C1C=Cc2ccccc21)C1C=Cc2ccccc21. The van der Waals surface area contributed by atoms with E-state index in [0.717, 1.165) is 0 Å². The number of rotatable bonds is 4. The van der Waals surface area contributed by atoms with Crippen LogP contribution in [0, 0.1) is 0 Å². The van der Waals surface area contributed by atoms with E-state index in [4.69, 9.17) is 0 Å². The van der Waals surface area contributed by atoms with Gasteiger partial charge in [-0.15, -0.1) is 0 Å². The van der Waals surface area contributed by atoms with E-state index in [9.17, 15) is 0 Å². The summed E-state index contributed by atoms with van der Waals surface area (Å²) in [7, 11) is -1.55. The van der Waals surface area contributed by atoms with Crippen LogP contribution in [0.3, 0.4) is 0 Å². The van der Waals surface area contributed by atoms with Crippen molar-refractivity contribution in [3.8, 4) is 0 Å². The van der Waals surface area contributed by atoms with Gasteiger partial charge in [0.15, 0.2) is 0 Å². The number of hydrogen-bond acceptors (Lipinski definition) is 0. The van der Waals surface area contributed by atoms with Crippen molar-refractivity contribution in [2.75, 3.05) is 0 Å². The van der Waals surface area contributed by atoms with Gasteiger partial charge < -0.3 is 0 Å². The van der Waals surface area contributed by atoms with E-state index >= 15 is 0 Å². The zero-order valence-electron chi connectivity index (χ0n) is 14.0. The van der Waals surface area contributed by atoms with Crippen LogP contribution in [0.1, 0.15) is 47.2 Å². The van der Waals surface area contributed by atoms with Gasteiger partial charge in [0.1, 0.15) is 0 Å². The lowest BCUT2D eigenvalue weighted by Crippen LogP contribution is -2.45. The lowest BCUT2D eigenvalue weighted by Gasteiger charge is -2.41. The molecule has 2 aliphatic carbocycles. The zero-order valence-corrected chi connectivity index (χ0v) is 15.0. The van der Waals surface area contributed by atoms with Crippen molar-refractivity contribution in [3.63, 3.8) is 0 Å². The Kier molecular flexibility index (Phi) is 3.61. The molecular formula is C22H24Si. The molecule has 2 aliphatic rings. The maximum absolute atomic E-state index is 2.51. The van der Waals surface area contributed by atoms with E-state index < -0.39 is 8.07 Å². The fourth-order valence-electron chi connectivity index (χ4n) is 4.82. The van der Waals surface area contributed by atoms with Gasteiger partial charge in [-0.3, -0.25) is 0 Å². The summed E-state index contributed by atoms with van der Waals surface area (Å²) in [4.78, 5) is 0. The molecule has 2 aromatic rings. The normalized spacial score (nSPS) is 21.5. The van der Waals surface area contributed by atoms with Gasteiger partial charge in [-0.1, -0.05) is 98.8 Å². The lowest BCUT2D eigenvalue weighted by atomic mass is 10.1. The van der Waals surface area contributed by atoms with Crippen molar-refractivity contribution in [1.29, 1.82) is 0 Å².